The number of anilines is 1. The highest BCUT2D eigenvalue weighted by atomic mass is 16.1. The second-order valence-electron chi connectivity index (χ2n) is 5.12. The van der Waals surface area contributed by atoms with Crippen molar-refractivity contribution in [3.8, 4) is 0 Å². The Hall–Kier alpha value is -3.01. The minimum atomic E-state index is -0.256. The smallest absolute Gasteiger partial charge is 0.274 e. The maximum atomic E-state index is 12.7. The molecule has 0 atom stereocenters. The number of amides is 1. The van der Waals surface area contributed by atoms with Crippen molar-refractivity contribution >= 4 is 28.6 Å². The van der Waals surface area contributed by atoms with E-state index in [2.05, 4.69) is 21.9 Å². The monoisotopic (exact) mass is 303 g/mol. The van der Waals surface area contributed by atoms with Crippen LogP contribution in [0.2, 0.25) is 0 Å². The molecule has 2 aromatic heterocycles. The van der Waals surface area contributed by atoms with Crippen LogP contribution in [0, 0.1) is 0 Å². The molecule has 0 aliphatic rings. The van der Waals surface area contributed by atoms with E-state index in [1.807, 2.05) is 43.3 Å². The van der Waals surface area contributed by atoms with Crippen molar-refractivity contribution in [1.82, 2.24) is 9.97 Å². The van der Waals surface area contributed by atoms with Gasteiger partial charge in [-0.15, -0.1) is 0 Å². The molecular weight excluding hydrogens is 286 g/mol. The van der Waals surface area contributed by atoms with Crippen molar-refractivity contribution in [3.63, 3.8) is 0 Å². The summed E-state index contributed by atoms with van der Waals surface area (Å²) in [6, 6.07) is 11.4. The van der Waals surface area contributed by atoms with Crippen molar-refractivity contribution in [2.75, 3.05) is 5.32 Å². The molecule has 0 saturated carbocycles. The average molecular weight is 303 g/mol. The molecule has 0 unspecified atom stereocenters. The maximum Gasteiger partial charge on any atom is 0.274 e. The van der Waals surface area contributed by atoms with Crippen molar-refractivity contribution < 1.29 is 4.79 Å². The fraction of sp³-hybridized carbons (Fsp3) is 0.105. The summed E-state index contributed by atoms with van der Waals surface area (Å²) >= 11 is 0. The van der Waals surface area contributed by atoms with Crippen LogP contribution >= 0.6 is 0 Å². The molecule has 1 aromatic carbocycles. The second-order valence-corrected chi connectivity index (χ2v) is 5.12. The van der Waals surface area contributed by atoms with Crippen LogP contribution in [0.3, 0.4) is 0 Å². The molecule has 114 valence electrons. The Bertz CT molecular complexity index is 881. The Morgan fingerprint density at radius 3 is 2.78 bits per heavy atom. The number of hydrogen-bond acceptors (Lipinski definition) is 3. The van der Waals surface area contributed by atoms with Crippen molar-refractivity contribution in [1.29, 1.82) is 0 Å². The fourth-order valence-corrected chi connectivity index (χ4v) is 2.62. The van der Waals surface area contributed by atoms with Crippen LogP contribution < -0.4 is 5.32 Å². The summed E-state index contributed by atoms with van der Waals surface area (Å²) in [6.45, 7) is 5.85. The lowest BCUT2D eigenvalue weighted by atomic mass is 10.0. The first-order valence-electron chi connectivity index (χ1n) is 7.50. The summed E-state index contributed by atoms with van der Waals surface area (Å²) in [5.74, 6) is -0.256. The third-order valence-corrected chi connectivity index (χ3v) is 3.76. The Balaban J connectivity index is 2.00. The second kappa shape index (κ2) is 6.40. The molecule has 3 aromatic rings. The van der Waals surface area contributed by atoms with Gasteiger partial charge in [0.1, 0.15) is 5.69 Å². The van der Waals surface area contributed by atoms with Crippen LogP contribution in [-0.2, 0) is 6.42 Å². The summed E-state index contributed by atoms with van der Waals surface area (Å²) in [4.78, 5) is 21.2. The number of hydrogen-bond donors (Lipinski definition) is 1. The number of aryl methyl sites for hydroxylation is 1. The van der Waals surface area contributed by atoms with Crippen LogP contribution in [-0.4, -0.2) is 15.9 Å². The number of aromatic nitrogens is 2. The Kier molecular flexibility index (Phi) is 4.15. The molecule has 0 fully saturated rings. The van der Waals surface area contributed by atoms with E-state index in [0.29, 0.717) is 11.4 Å². The minimum absolute atomic E-state index is 0.256. The lowest BCUT2D eigenvalue weighted by Gasteiger charge is -2.11. The Labute approximate surface area is 134 Å². The molecule has 23 heavy (non-hydrogen) atoms. The number of nitrogens with one attached hydrogen (secondary N) is 1. The number of pyridine rings is 2. The van der Waals surface area contributed by atoms with Crippen LogP contribution in [0.25, 0.3) is 17.0 Å². The van der Waals surface area contributed by atoms with Gasteiger partial charge in [-0.25, -0.2) is 0 Å². The fourth-order valence-electron chi connectivity index (χ4n) is 2.62. The van der Waals surface area contributed by atoms with Gasteiger partial charge in [0.25, 0.3) is 5.91 Å². The molecule has 0 aliphatic heterocycles. The van der Waals surface area contributed by atoms with Gasteiger partial charge in [0, 0.05) is 23.3 Å². The highest BCUT2D eigenvalue weighted by molar-refractivity contribution is 6.09. The van der Waals surface area contributed by atoms with Gasteiger partial charge in [0.05, 0.1) is 11.2 Å². The normalized spacial score (nSPS) is 10.5. The number of nitrogens with zero attached hydrogens (tertiary/aromatic N) is 2. The number of carbonyl (C=O) groups excluding carboxylic acids is 1. The van der Waals surface area contributed by atoms with E-state index in [1.54, 1.807) is 18.5 Å². The Morgan fingerprint density at radius 2 is 2.00 bits per heavy atom. The van der Waals surface area contributed by atoms with Gasteiger partial charge in [-0.05, 0) is 30.2 Å². The van der Waals surface area contributed by atoms with E-state index in [9.17, 15) is 4.79 Å². The van der Waals surface area contributed by atoms with E-state index in [1.165, 1.54) is 0 Å². The predicted molar refractivity (Wildman–Crippen MR) is 93.4 cm³/mol. The molecule has 1 N–H and O–H groups in total. The van der Waals surface area contributed by atoms with E-state index >= 15 is 0 Å². The summed E-state index contributed by atoms with van der Waals surface area (Å²) in [5.41, 5.74) is 3.64. The highest BCUT2D eigenvalue weighted by Gasteiger charge is 2.15. The molecule has 0 bridgehead atoms. The molecule has 0 radical (unpaired) electrons. The van der Waals surface area contributed by atoms with Gasteiger partial charge in [0.15, 0.2) is 0 Å². The molecule has 0 aliphatic carbocycles. The number of carbonyl (C=O) groups is 1. The van der Waals surface area contributed by atoms with Gasteiger partial charge >= 0.3 is 0 Å². The maximum absolute atomic E-state index is 12.7. The molecular formula is C19H17N3O. The Morgan fingerprint density at radius 1 is 1.17 bits per heavy atom. The van der Waals surface area contributed by atoms with Gasteiger partial charge < -0.3 is 5.32 Å². The molecule has 1 amide bonds. The molecule has 4 heteroatoms. The predicted octanol–water partition coefficient (Wildman–Crippen LogP) is 4.09. The first-order chi connectivity index (χ1) is 11.2. The van der Waals surface area contributed by atoms with Crippen LogP contribution in [0.15, 0.2) is 55.4 Å². The minimum Gasteiger partial charge on any atom is -0.319 e. The molecule has 4 nitrogen and oxygen atoms in total. The topological polar surface area (TPSA) is 54.9 Å². The van der Waals surface area contributed by atoms with E-state index in [0.717, 1.165) is 28.5 Å². The van der Waals surface area contributed by atoms with E-state index in [-0.39, 0.29) is 5.91 Å². The zero-order valence-electron chi connectivity index (χ0n) is 12.9. The standard InChI is InChI=1S/C19H17N3O/c1-3-13-10-12-21-18(15(13)4-2)19(23)22-16-9-5-7-14-8-6-11-20-17(14)16/h4-12H,2-3H2,1H3,(H,22,23). The molecule has 0 saturated heterocycles. The molecule has 2 heterocycles. The van der Waals surface area contributed by atoms with Crippen molar-refractivity contribution in [2.45, 2.75) is 13.3 Å². The largest absolute Gasteiger partial charge is 0.319 e. The SMILES string of the molecule is C=Cc1c(CC)ccnc1C(=O)Nc1cccc2cccnc12. The van der Waals surface area contributed by atoms with Crippen LogP contribution in [0.5, 0.6) is 0 Å². The first-order valence-corrected chi connectivity index (χ1v) is 7.50. The van der Waals surface area contributed by atoms with Crippen LogP contribution in [0.4, 0.5) is 5.69 Å². The van der Waals surface area contributed by atoms with Gasteiger partial charge in [-0.3, -0.25) is 14.8 Å². The van der Waals surface area contributed by atoms with Gasteiger partial charge in [0.2, 0.25) is 0 Å². The van der Waals surface area contributed by atoms with Crippen molar-refractivity contribution in [2.24, 2.45) is 0 Å². The lowest BCUT2D eigenvalue weighted by Crippen LogP contribution is -2.16. The summed E-state index contributed by atoms with van der Waals surface area (Å²) in [7, 11) is 0. The summed E-state index contributed by atoms with van der Waals surface area (Å²) in [5, 5.41) is 3.89. The zero-order valence-corrected chi connectivity index (χ0v) is 12.9. The number of para-hydroxylation sites is 1. The highest BCUT2D eigenvalue weighted by Crippen LogP contribution is 2.22. The summed E-state index contributed by atoms with van der Waals surface area (Å²) < 4.78 is 0. The lowest BCUT2D eigenvalue weighted by molar-refractivity contribution is 0.102. The van der Waals surface area contributed by atoms with Crippen LogP contribution in [0.1, 0.15) is 28.5 Å². The average Bonchev–Trinajstić information content (AvgIpc) is 2.61. The van der Waals surface area contributed by atoms with E-state index in [4.69, 9.17) is 0 Å². The number of rotatable bonds is 4. The zero-order chi connectivity index (χ0) is 16.2. The van der Waals surface area contributed by atoms with Gasteiger partial charge in [-0.1, -0.05) is 37.8 Å². The van der Waals surface area contributed by atoms with E-state index < -0.39 is 0 Å². The first kappa shape index (κ1) is 14.9. The number of benzene rings is 1. The summed E-state index contributed by atoms with van der Waals surface area (Å²) in [6.07, 6.45) is 5.87. The number of fused-ring (bicyclic) bond motifs is 1. The van der Waals surface area contributed by atoms with Gasteiger partial charge in [-0.2, -0.15) is 0 Å². The van der Waals surface area contributed by atoms with Crippen molar-refractivity contribution in [3.05, 3.63) is 72.2 Å². The third kappa shape index (κ3) is 2.83. The quantitative estimate of drug-likeness (QED) is 0.790. The third-order valence-electron chi connectivity index (χ3n) is 3.76. The molecule has 0 spiro atoms. The molecule has 3 rings (SSSR count).